The summed E-state index contributed by atoms with van der Waals surface area (Å²) in [6.45, 7) is 0.568. The smallest absolute Gasteiger partial charge is 0.341 e. The zero-order valence-electron chi connectivity index (χ0n) is 15.7. The molecule has 0 fully saturated rings. The van der Waals surface area contributed by atoms with Crippen molar-refractivity contribution in [3.05, 3.63) is 38.4 Å². The Kier molecular flexibility index (Phi) is 6.26. The van der Waals surface area contributed by atoms with Crippen molar-refractivity contribution in [2.75, 3.05) is 18.2 Å². The van der Waals surface area contributed by atoms with E-state index in [2.05, 4.69) is 20.8 Å². The number of anilines is 1. The van der Waals surface area contributed by atoms with Gasteiger partial charge in [0.2, 0.25) is 11.1 Å². The third-order valence-electron chi connectivity index (χ3n) is 4.53. The molecule has 29 heavy (non-hydrogen) atoms. The van der Waals surface area contributed by atoms with Gasteiger partial charge in [0.25, 0.3) is 0 Å². The standard InChI is InChI=1S/C18H19N5O3S3/c1-26-17(25)15-12-6-2-3-7-13(12)29-16(15)19-14(24)10-28-18-20-21-22-23(18)9-11-5-4-8-27-11/h4-5,8H,2-3,6-7,9-10H2,1H3,(H,19,24). The van der Waals surface area contributed by atoms with E-state index >= 15 is 0 Å². The number of hydrogen-bond donors (Lipinski definition) is 1. The minimum absolute atomic E-state index is 0.147. The number of esters is 1. The number of ether oxygens (including phenoxy) is 1. The van der Waals surface area contributed by atoms with Gasteiger partial charge in [-0.3, -0.25) is 4.79 Å². The molecule has 3 aromatic rings. The molecule has 0 saturated heterocycles. The van der Waals surface area contributed by atoms with Crippen molar-refractivity contribution in [2.24, 2.45) is 0 Å². The van der Waals surface area contributed by atoms with E-state index in [1.807, 2.05) is 17.5 Å². The molecular formula is C18H19N5O3S3. The van der Waals surface area contributed by atoms with Gasteiger partial charge in [-0.25, -0.2) is 9.48 Å². The summed E-state index contributed by atoms with van der Waals surface area (Å²) in [5.74, 6) is -0.453. The number of nitrogens with one attached hydrogen (secondary N) is 1. The van der Waals surface area contributed by atoms with E-state index in [0.717, 1.165) is 36.1 Å². The summed E-state index contributed by atoms with van der Waals surface area (Å²) >= 11 is 4.37. The number of carbonyl (C=O) groups is 2. The maximum absolute atomic E-state index is 12.6. The second kappa shape index (κ2) is 9.06. The van der Waals surface area contributed by atoms with Crippen LogP contribution in [-0.2, 0) is 28.9 Å². The van der Waals surface area contributed by atoms with Gasteiger partial charge in [0.05, 0.1) is 25.0 Å². The fourth-order valence-corrected chi connectivity index (χ4v) is 5.87. The Morgan fingerprint density at radius 3 is 3.00 bits per heavy atom. The molecule has 11 heteroatoms. The van der Waals surface area contributed by atoms with Crippen LogP contribution in [0, 0.1) is 0 Å². The normalized spacial score (nSPS) is 13.1. The van der Waals surface area contributed by atoms with Gasteiger partial charge in [0.15, 0.2) is 0 Å². The van der Waals surface area contributed by atoms with Gasteiger partial charge in [-0.05, 0) is 53.1 Å². The summed E-state index contributed by atoms with van der Waals surface area (Å²) in [6, 6.07) is 3.99. The lowest BCUT2D eigenvalue weighted by atomic mass is 9.95. The van der Waals surface area contributed by atoms with Crippen LogP contribution >= 0.6 is 34.4 Å². The number of aromatic nitrogens is 4. The predicted octanol–water partition coefficient (Wildman–Crippen LogP) is 3.24. The Morgan fingerprint density at radius 2 is 2.21 bits per heavy atom. The third-order valence-corrected chi connectivity index (χ3v) is 7.56. The average molecular weight is 450 g/mol. The van der Waals surface area contributed by atoms with Crippen LogP contribution < -0.4 is 5.32 Å². The van der Waals surface area contributed by atoms with Gasteiger partial charge in [-0.15, -0.1) is 27.8 Å². The number of carbonyl (C=O) groups excluding carboxylic acids is 2. The summed E-state index contributed by atoms with van der Waals surface area (Å²) in [7, 11) is 1.37. The van der Waals surface area contributed by atoms with E-state index in [-0.39, 0.29) is 11.7 Å². The Morgan fingerprint density at radius 1 is 1.34 bits per heavy atom. The van der Waals surface area contributed by atoms with E-state index in [4.69, 9.17) is 4.74 Å². The number of rotatable bonds is 7. The van der Waals surface area contributed by atoms with Crippen LogP contribution in [0.5, 0.6) is 0 Å². The van der Waals surface area contributed by atoms with Gasteiger partial charge in [0.1, 0.15) is 5.00 Å². The monoisotopic (exact) mass is 449 g/mol. The number of tetrazole rings is 1. The first-order valence-electron chi connectivity index (χ1n) is 9.09. The maximum Gasteiger partial charge on any atom is 0.341 e. The lowest BCUT2D eigenvalue weighted by Crippen LogP contribution is -2.17. The number of fused-ring (bicyclic) bond motifs is 1. The van der Waals surface area contributed by atoms with Gasteiger partial charge in [0, 0.05) is 9.75 Å². The molecule has 1 aliphatic carbocycles. The largest absolute Gasteiger partial charge is 0.465 e. The SMILES string of the molecule is COC(=O)c1c(NC(=O)CSc2nnnn2Cc2cccs2)sc2c1CCCC2. The second-order valence-electron chi connectivity index (χ2n) is 6.44. The number of hydrogen-bond acceptors (Lipinski definition) is 9. The molecule has 1 N–H and O–H groups in total. The van der Waals surface area contributed by atoms with Crippen molar-refractivity contribution in [3.63, 3.8) is 0 Å². The van der Waals surface area contributed by atoms with Gasteiger partial charge in [-0.2, -0.15) is 0 Å². The summed E-state index contributed by atoms with van der Waals surface area (Å²) < 4.78 is 6.62. The van der Waals surface area contributed by atoms with Gasteiger partial charge >= 0.3 is 5.97 Å². The van der Waals surface area contributed by atoms with E-state index in [9.17, 15) is 9.59 Å². The number of methoxy groups -OCH3 is 1. The Balaban J connectivity index is 1.43. The van der Waals surface area contributed by atoms with Crippen molar-refractivity contribution < 1.29 is 14.3 Å². The molecule has 3 heterocycles. The van der Waals surface area contributed by atoms with E-state index in [1.54, 1.807) is 16.0 Å². The van der Waals surface area contributed by atoms with Crippen molar-refractivity contribution in [2.45, 2.75) is 37.4 Å². The fourth-order valence-electron chi connectivity index (χ4n) is 3.21. The highest BCUT2D eigenvalue weighted by Gasteiger charge is 2.27. The zero-order chi connectivity index (χ0) is 20.2. The van der Waals surface area contributed by atoms with E-state index < -0.39 is 5.97 Å². The molecule has 0 saturated carbocycles. The lowest BCUT2D eigenvalue weighted by Gasteiger charge is -2.11. The van der Waals surface area contributed by atoms with Gasteiger partial charge in [-0.1, -0.05) is 17.8 Å². The number of aryl methyl sites for hydroxylation is 1. The average Bonchev–Trinajstić information content (AvgIpc) is 3.46. The predicted molar refractivity (Wildman–Crippen MR) is 113 cm³/mol. The molecule has 0 unspecified atom stereocenters. The van der Waals surface area contributed by atoms with Gasteiger partial charge < -0.3 is 10.1 Å². The van der Waals surface area contributed by atoms with Crippen molar-refractivity contribution >= 4 is 51.3 Å². The quantitative estimate of drug-likeness (QED) is 0.437. The van der Waals surface area contributed by atoms with Crippen LogP contribution in [-0.4, -0.2) is 44.9 Å². The molecule has 0 aliphatic heterocycles. The molecule has 8 nitrogen and oxygen atoms in total. The molecule has 152 valence electrons. The van der Waals surface area contributed by atoms with Crippen LogP contribution in [0.1, 0.15) is 38.5 Å². The Bertz CT molecular complexity index is 1010. The van der Waals surface area contributed by atoms with Crippen molar-refractivity contribution in [1.29, 1.82) is 0 Å². The highest BCUT2D eigenvalue weighted by Crippen LogP contribution is 2.38. The second-order valence-corrected chi connectivity index (χ2v) is 9.52. The molecule has 0 atom stereocenters. The first kappa shape index (κ1) is 20.0. The van der Waals surface area contributed by atoms with Crippen molar-refractivity contribution in [1.82, 2.24) is 20.2 Å². The minimum atomic E-state index is -0.396. The molecule has 1 aliphatic rings. The third kappa shape index (κ3) is 4.51. The van der Waals surface area contributed by atoms with Crippen LogP contribution in [0.2, 0.25) is 0 Å². The maximum atomic E-state index is 12.6. The Hall–Kier alpha value is -2.24. The summed E-state index contributed by atoms with van der Waals surface area (Å²) in [4.78, 5) is 27.1. The first-order chi connectivity index (χ1) is 14.2. The molecule has 0 spiro atoms. The molecule has 0 radical (unpaired) electrons. The summed E-state index contributed by atoms with van der Waals surface area (Å²) in [5.41, 5.74) is 1.53. The van der Waals surface area contributed by atoms with E-state index in [0.29, 0.717) is 22.3 Å². The van der Waals surface area contributed by atoms with Crippen LogP contribution in [0.15, 0.2) is 22.7 Å². The highest BCUT2D eigenvalue weighted by atomic mass is 32.2. The Labute approximate surface area is 179 Å². The van der Waals surface area contributed by atoms with Crippen LogP contribution in [0.25, 0.3) is 0 Å². The molecule has 0 aromatic carbocycles. The minimum Gasteiger partial charge on any atom is -0.465 e. The number of thioether (sulfide) groups is 1. The van der Waals surface area contributed by atoms with E-state index in [1.165, 1.54) is 35.1 Å². The fraction of sp³-hybridized carbons (Fsp3) is 0.389. The number of nitrogens with zero attached hydrogens (tertiary/aromatic N) is 4. The highest BCUT2D eigenvalue weighted by molar-refractivity contribution is 7.99. The summed E-state index contributed by atoms with van der Waals surface area (Å²) in [6.07, 6.45) is 3.93. The molecule has 4 rings (SSSR count). The molecule has 3 aromatic heterocycles. The lowest BCUT2D eigenvalue weighted by molar-refractivity contribution is -0.113. The topological polar surface area (TPSA) is 99.0 Å². The number of thiophene rings is 2. The van der Waals surface area contributed by atoms with Crippen LogP contribution in [0.4, 0.5) is 5.00 Å². The van der Waals surface area contributed by atoms with Crippen LogP contribution in [0.3, 0.4) is 0 Å². The van der Waals surface area contributed by atoms with Crippen molar-refractivity contribution in [3.8, 4) is 0 Å². The molecule has 1 amide bonds. The molecule has 0 bridgehead atoms. The number of amides is 1. The zero-order valence-corrected chi connectivity index (χ0v) is 18.2. The molecular weight excluding hydrogens is 430 g/mol. The summed E-state index contributed by atoms with van der Waals surface area (Å²) in [5, 5.41) is 17.8. The first-order valence-corrected chi connectivity index (χ1v) is 11.8.